The zero-order valence-electron chi connectivity index (χ0n) is 12.0. The number of benzene rings is 1. The Hall–Kier alpha value is -1.92. The second kappa shape index (κ2) is 5.13. The number of fused-ring (bicyclic) bond motifs is 3. The monoisotopic (exact) mass is 286 g/mol. The summed E-state index contributed by atoms with van der Waals surface area (Å²) in [6.07, 6.45) is 2.01. The molecule has 2 aliphatic rings. The maximum absolute atomic E-state index is 5.93. The molecule has 0 amide bonds. The summed E-state index contributed by atoms with van der Waals surface area (Å²) in [6.45, 7) is 3.43. The van der Waals surface area contributed by atoms with E-state index in [1.807, 2.05) is 16.8 Å². The predicted octanol–water partition coefficient (Wildman–Crippen LogP) is 1.24. The smallest absolute Gasteiger partial charge is 0.118 e. The molecule has 2 aromatic rings. The van der Waals surface area contributed by atoms with Crippen LogP contribution in [-0.4, -0.2) is 46.2 Å². The van der Waals surface area contributed by atoms with E-state index < -0.39 is 0 Å². The maximum Gasteiger partial charge on any atom is 0.118 e. The predicted molar refractivity (Wildman–Crippen MR) is 75.9 cm³/mol. The van der Waals surface area contributed by atoms with Crippen LogP contribution in [0, 0.1) is 0 Å². The Morgan fingerprint density at radius 1 is 1.29 bits per heavy atom. The van der Waals surface area contributed by atoms with Crippen molar-refractivity contribution in [3.8, 4) is 5.75 Å². The number of likely N-dealkylation sites (tertiary alicyclic amines) is 1. The first-order valence-corrected chi connectivity index (χ1v) is 7.19. The van der Waals surface area contributed by atoms with Crippen LogP contribution >= 0.6 is 0 Å². The molecule has 6 heteroatoms. The highest BCUT2D eigenvalue weighted by Gasteiger charge is 2.39. The number of hydrogen-bond donors (Lipinski definition) is 0. The van der Waals surface area contributed by atoms with Crippen LogP contribution in [0.4, 0.5) is 0 Å². The third kappa shape index (κ3) is 2.30. The Balaban J connectivity index is 1.47. The lowest BCUT2D eigenvalue weighted by molar-refractivity contribution is -0.00521. The third-order valence-corrected chi connectivity index (χ3v) is 4.29. The summed E-state index contributed by atoms with van der Waals surface area (Å²) in [5, 5.41) is 8.20. The average molecular weight is 286 g/mol. The van der Waals surface area contributed by atoms with E-state index in [1.165, 1.54) is 5.56 Å². The molecule has 3 heterocycles. The van der Waals surface area contributed by atoms with Crippen molar-refractivity contribution in [2.75, 3.05) is 20.2 Å². The van der Waals surface area contributed by atoms with Gasteiger partial charge in [-0.15, -0.1) is 5.10 Å². The molecular weight excluding hydrogens is 268 g/mol. The van der Waals surface area contributed by atoms with Crippen LogP contribution in [0.1, 0.15) is 17.3 Å². The summed E-state index contributed by atoms with van der Waals surface area (Å²) in [4.78, 5) is 2.41. The minimum Gasteiger partial charge on any atom is -0.497 e. The highest BCUT2D eigenvalue weighted by molar-refractivity contribution is 5.27. The van der Waals surface area contributed by atoms with Gasteiger partial charge in [0.15, 0.2) is 0 Å². The van der Waals surface area contributed by atoms with Gasteiger partial charge in [0.05, 0.1) is 37.8 Å². The number of ether oxygens (including phenoxy) is 2. The van der Waals surface area contributed by atoms with Crippen LogP contribution in [0.5, 0.6) is 5.75 Å². The highest BCUT2D eigenvalue weighted by Crippen LogP contribution is 2.30. The van der Waals surface area contributed by atoms with Crippen LogP contribution in [0.25, 0.3) is 0 Å². The second-order valence-corrected chi connectivity index (χ2v) is 5.63. The summed E-state index contributed by atoms with van der Waals surface area (Å²) < 4.78 is 13.2. The Morgan fingerprint density at radius 3 is 2.95 bits per heavy atom. The van der Waals surface area contributed by atoms with Gasteiger partial charge in [-0.2, -0.15) is 0 Å². The molecule has 1 unspecified atom stereocenters. The van der Waals surface area contributed by atoms with Crippen LogP contribution in [-0.2, 0) is 17.9 Å². The van der Waals surface area contributed by atoms with Gasteiger partial charge in [0.25, 0.3) is 0 Å². The lowest BCUT2D eigenvalue weighted by Gasteiger charge is -2.25. The molecule has 0 radical (unpaired) electrons. The van der Waals surface area contributed by atoms with Crippen molar-refractivity contribution < 1.29 is 9.47 Å². The number of nitrogens with zero attached hydrogens (tertiary/aromatic N) is 4. The van der Waals surface area contributed by atoms with E-state index in [-0.39, 0.29) is 12.1 Å². The normalized spacial score (nSPS) is 24.6. The fraction of sp³-hybridized carbons (Fsp3) is 0.467. The maximum atomic E-state index is 5.93. The molecule has 21 heavy (non-hydrogen) atoms. The van der Waals surface area contributed by atoms with Gasteiger partial charge in [-0.05, 0) is 17.7 Å². The first-order chi connectivity index (χ1) is 10.3. The first-order valence-electron chi connectivity index (χ1n) is 7.19. The van der Waals surface area contributed by atoms with Crippen LogP contribution < -0.4 is 4.74 Å². The molecule has 1 saturated heterocycles. The molecule has 2 atom stereocenters. The summed E-state index contributed by atoms with van der Waals surface area (Å²) in [6, 6.07) is 8.52. The fourth-order valence-corrected chi connectivity index (χ4v) is 3.19. The van der Waals surface area contributed by atoms with Gasteiger partial charge in [-0.25, -0.2) is 4.68 Å². The summed E-state index contributed by atoms with van der Waals surface area (Å²) >= 11 is 0. The Bertz CT molecular complexity index is 625. The number of aromatic nitrogens is 3. The van der Waals surface area contributed by atoms with Crippen molar-refractivity contribution in [1.29, 1.82) is 0 Å². The van der Waals surface area contributed by atoms with E-state index in [1.54, 1.807) is 13.3 Å². The molecular formula is C15H18N4O2. The largest absolute Gasteiger partial charge is 0.497 e. The van der Waals surface area contributed by atoms with Gasteiger partial charge in [0.1, 0.15) is 5.75 Å². The lowest BCUT2D eigenvalue weighted by atomic mass is 10.2. The summed E-state index contributed by atoms with van der Waals surface area (Å²) in [5.41, 5.74) is 2.36. The van der Waals surface area contributed by atoms with Gasteiger partial charge < -0.3 is 9.47 Å². The molecule has 1 fully saturated rings. The van der Waals surface area contributed by atoms with E-state index in [4.69, 9.17) is 9.47 Å². The molecule has 0 saturated carbocycles. The van der Waals surface area contributed by atoms with Gasteiger partial charge >= 0.3 is 0 Å². The van der Waals surface area contributed by atoms with Crippen molar-refractivity contribution in [3.63, 3.8) is 0 Å². The molecule has 110 valence electrons. The Kier molecular flexibility index (Phi) is 3.12. The highest BCUT2D eigenvalue weighted by atomic mass is 16.5. The van der Waals surface area contributed by atoms with Crippen LogP contribution in [0.3, 0.4) is 0 Å². The topological polar surface area (TPSA) is 52.4 Å². The number of methoxy groups -OCH3 is 1. The first kappa shape index (κ1) is 12.8. The van der Waals surface area contributed by atoms with Crippen molar-refractivity contribution >= 4 is 0 Å². The Morgan fingerprint density at radius 2 is 2.14 bits per heavy atom. The van der Waals surface area contributed by atoms with Crippen LogP contribution in [0.2, 0.25) is 0 Å². The molecule has 1 aromatic heterocycles. The average Bonchev–Trinajstić information content (AvgIpc) is 3.12. The molecule has 0 aliphatic carbocycles. The molecule has 0 bridgehead atoms. The Labute approximate surface area is 123 Å². The fourth-order valence-electron chi connectivity index (χ4n) is 3.19. The van der Waals surface area contributed by atoms with E-state index in [0.29, 0.717) is 6.61 Å². The van der Waals surface area contributed by atoms with E-state index in [2.05, 4.69) is 27.3 Å². The third-order valence-electron chi connectivity index (χ3n) is 4.29. The summed E-state index contributed by atoms with van der Waals surface area (Å²) in [7, 11) is 1.69. The SMILES string of the molecule is COc1ccc(CN2CC3OCc4cnnn4[C@@H]3C2)cc1. The van der Waals surface area contributed by atoms with Crippen LogP contribution in [0.15, 0.2) is 30.5 Å². The van der Waals surface area contributed by atoms with Crippen molar-refractivity contribution in [3.05, 3.63) is 41.7 Å². The van der Waals surface area contributed by atoms with Gasteiger partial charge in [-0.1, -0.05) is 17.3 Å². The van der Waals surface area contributed by atoms with E-state index in [0.717, 1.165) is 31.1 Å². The number of rotatable bonds is 3. The van der Waals surface area contributed by atoms with Gasteiger partial charge in [0, 0.05) is 19.6 Å². The zero-order valence-corrected chi connectivity index (χ0v) is 12.0. The second-order valence-electron chi connectivity index (χ2n) is 5.63. The minimum absolute atomic E-state index is 0.220. The van der Waals surface area contributed by atoms with E-state index in [9.17, 15) is 0 Å². The van der Waals surface area contributed by atoms with Crippen molar-refractivity contribution in [2.24, 2.45) is 0 Å². The molecule has 0 N–H and O–H groups in total. The molecule has 1 aromatic carbocycles. The molecule has 4 rings (SSSR count). The van der Waals surface area contributed by atoms with E-state index >= 15 is 0 Å². The molecule has 6 nitrogen and oxygen atoms in total. The summed E-state index contributed by atoms with van der Waals surface area (Å²) in [5.74, 6) is 0.893. The lowest BCUT2D eigenvalue weighted by Crippen LogP contribution is -2.32. The number of hydrogen-bond acceptors (Lipinski definition) is 5. The quantitative estimate of drug-likeness (QED) is 0.850. The minimum atomic E-state index is 0.220. The van der Waals surface area contributed by atoms with Crippen molar-refractivity contribution in [2.45, 2.75) is 25.3 Å². The van der Waals surface area contributed by atoms with Gasteiger partial charge in [0.2, 0.25) is 0 Å². The standard InChI is InChI=1S/C15H18N4O2/c1-20-13-4-2-11(3-5-13)7-18-8-14-15(9-18)21-10-12-6-16-17-19(12)14/h2-6,14-15H,7-10H2,1H3/t14-,15?/m1/s1. The molecule has 2 aliphatic heterocycles. The van der Waals surface area contributed by atoms with Crippen molar-refractivity contribution in [1.82, 2.24) is 19.9 Å². The zero-order chi connectivity index (χ0) is 14.2. The molecule has 0 spiro atoms. The van der Waals surface area contributed by atoms with Gasteiger partial charge in [-0.3, -0.25) is 4.90 Å².